The van der Waals surface area contributed by atoms with Crippen LogP contribution >= 0.6 is 11.6 Å². The summed E-state index contributed by atoms with van der Waals surface area (Å²) in [7, 11) is 2.13. The highest BCUT2D eigenvalue weighted by Crippen LogP contribution is 2.20. The zero-order chi connectivity index (χ0) is 16.9. The number of ether oxygens (including phenoxy) is 1. The van der Waals surface area contributed by atoms with E-state index in [-0.39, 0.29) is 5.91 Å². The van der Waals surface area contributed by atoms with E-state index >= 15 is 0 Å². The smallest absolute Gasteiger partial charge is 0.263 e. The molecule has 1 saturated heterocycles. The van der Waals surface area contributed by atoms with E-state index in [1.54, 1.807) is 38.1 Å². The minimum absolute atomic E-state index is 0.110. The number of halogens is 1. The number of rotatable bonds is 6. The Labute approximate surface area is 143 Å². The number of hydrogen-bond donors (Lipinski definition) is 1. The number of carbonyl (C=O) groups is 1. The summed E-state index contributed by atoms with van der Waals surface area (Å²) in [6.07, 6.45) is 0. The first-order valence-corrected chi connectivity index (χ1v) is 8.38. The maximum absolute atomic E-state index is 12.3. The van der Waals surface area contributed by atoms with Crippen molar-refractivity contribution in [2.75, 3.05) is 46.3 Å². The molecule has 1 aliphatic heterocycles. The lowest BCUT2D eigenvalue weighted by Crippen LogP contribution is -2.50. The Kier molecular flexibility index (Phi) is 6.27. The molecule has 0 saturated carbocycles. The molecular weight excluding hydrogens is 314 g/mol. The number of hydrogen-bond acceptors (Lipinski definition) is 4. The first-order chi connectivity index (χ1) is 10.9. The molecule has 128 valence electrons. The summed E-state index contributed by atoms with van der Waals surface area (Å²) in [6.45, 7) is 9.32. The quantitative estimate of drug-likeness (QED) is 0.859. The molecule has 1 amide bonds. The maximum Gasteiger partial charge on any atom is 0.263 e. The molecule has 0 spiro atoms. The van der Waals surface area contributed by atoms with Gasteiger partial charge in [0.1, 0.15) is 5.75 Å². The van der Waals surface area contributed by atoms with E-state index in [0.29, 0.717) is 17.3 Å². The summed E-state index contributed by atoms with van der Waals surface area (Å²) in [5.74, 6) is 0.523. The molecule has 1 heterocycles. The summed E-state index contributed by atoms with van der Waals surface area (Å²) in [4.78, 5) is 17.0. The number of nitrogens with zero attached hydrogens (tertiary/aromatic N) is 2. The average Bonchev–Trinajstić information content (AvgIpc) is 2.51. The number of nitrogens with one attached hydrogen (secondary N) is 1. The third-order valence-electron chi connectivity index (χ3n) is 4.04. The van der Waals surface area contributed by atoms with Crippen LogP contribution in [0.5, 0.6) is 5.75 Å². The van der Waals surface area contributed by atoms with E-state index < -0.39 is 5.60 Å². The van der Waals surface area contributed by atoms with E-state index in [9.17, 15) is 4.79 Å². The fraction of sp³-hybridized carbons (Fsp3) is 0.588. The van der Waals surface area contributed by atoms with E-state index in [4.69, 9.17) is 16.3 Å². The van der Waals surface area contributed by atoms with Crippen LogP contribution in [0.3, 0.4) is 0 Å². The molecule has 0 unspecified atom stereocenters. The van der Waals surface area contributed by atoms with Gasteiger partial charge in [-0.2, -0.15) is 0 Å². The van der Waals surface area contributed by atoms with Crippen LogP contribution in [0.25, 0.3) is 0 Å². The van der Waals surface area contributed by atoms with Crippen LogP contribution < -0.4 is 10.1 Å². The summed E-state index contributed by atoms with van der Waals surface area (Å²) < 4.78 is 5.78. The zero-order valence-corrected chi connectivity index (χ0v) is 14.9. The molecule has 5 nitrogen and oxygen atoms in total. The van der Waals surface area contributed by atoms with Crippen molar-refractivity contribution in [3.8, 4) is 5.75 Å². The topological polar surface area (TPSA) is 44.8 Å². The lowest BCUT2D eigenvalue weighted by atomic mass is 10.1. The largest absolute Gasteiger partial charge is 0.478 e. The predicted molar refractivity (Wildman–Crippen MR) is 93.1 cm³/mol. The van der Waals surface area contributed by atoms with Gasteiger partial charge in [0.05, 0.1) is 0 Å². The molecule has 2 rings (SSSR count). The molecule has 0 atom stereocenters. The van der Waals surface area contributed by atoms with Gasteiger partial charge in [0.15, 0.2) is 5.60 Å². The Morgan fingerprint density at radius 2 is 1.83 bits per heavy atom. The Morgan fingerprint density at radius 1 is 1.22 bits per heavy atom. The van der Waals surface area contributed by atoms with Crippen molar-refractivity contribution in [2.45, 2.75) is 19.4 Å². The summed E-state index contributed by atoms with van der Waals surface area (Å²) in [5, 5.41) is 3.61. The third kappa shape index (κ3) is 5.68. The van der Waals surface area contributed by atoms with E-state index in [1.165, 1.54) is 0 Å². The Hall–Kier alpha value is -1.30. The molecular formula is C17H26ClN3O2. The van der Waals surface area contributed by atoms with Gasteiger partial charge >= 0.3 is 0 Å². The van der Waals surface area contributed by atoms with Crippen molar-refractivity contribution in [1.29, 1.82) is 0 Å². The maximum atomic E-state index is 12.3. The highest BCUT2D eigenvalue weighted by molar-refractivity contribution is 6.30. The summed E-state index contributed by atoms with van der Waals surface area (Å²) >= 11 is 5.85. The van der Waals surface area contributed by atoms with Crippen molar-refractivity contribution in [3.05, 3.63) is 29.3 Å². The molecule has 1 N–H and O–H groups in total. The molecule has 0 radical (unpaired) electrons. The second-order valence-electron chi connectivity index (χ2n) is 6.47. The number of carbonyl (C=O) groups excluding carboxylic acids is 1. The lowest BCUT2D eigenvalue weighted by Gasteiger charge is -2.32. The molecule has 6 heteroatoms. The zero-order valence-electron chi connectivity index (χ0n) is 14.1. The molecule has 23 heavy (non-hydrogen) atoms. The fourth-order valence-corrected chi connectivity index (χ4v) is 2.58. The van der Waals surface area contributed by atoms with Gasteiger partial charge in [-0.05, 0) is 45.2 Å². The Morgan fingerprint density at radius 3 is 2.43 bits per heavy atom. The summed E-state index contributed by atoms with van der Waals surface area (Å²) in [5.41, 5.74) is -0.921. The molecule has 0 aliphatic carbocycles. The summed E-state index contributed by atoms with van der Waals surface area (Å²) in [6, 6.07) is 7.03. The SMILES string of the molecule is CN1CCN(CCNC(=O)C(C)(C)Oc2ccc(Cl)cc2)CC1. The van der Waals surface area contributed by atoms with Gasteiger partial charge in [0.25, 0.3) is 5.91 Å². The van der Waals surface area contributed by atoms with Gasteiger partial charge in [-0.25, -0.2) is 0 Å². The monoisotopic (exact) mass is 339 g/mol. The first-order valence-electron chi connectivity index (χ1n) is 8.00. The number of likely N-dealkylation sites (N-methyl/N-ethyl adjacent to an activating group) is 1. The van der Waals surface area contributed by atoms with Gasteiger partial charge < -0.3 is 15.0 Å². The van der Waals surface area contributed by atoms with Crippen LogP contribution in [0.4, 0.5) is 0 Å². The highest BCUT2D eigenvalue weighted by Gasteiger charge is 2.29. The Balaban J connectivity index is 1.76. The molecule has 1 fully saturated rings. The van der Waals surface area contributed by atoms with Gasteiger partial charge in [0, 0.05) is 44.3 Å². The average molecular weight is 340 g/mol. The van der Waals surface area contributed by atoms with E-state index in [0.717, 1.165) is 32.7 Å². The molecule has 1 aromatic rings. The second-order valence-corrected chi connectivity index (χ2v) is 6.90. The molecule has 1 aliphatic rings. The van der Waals surface area contributed by atoms with Crippen molar-refractivity contribution < 1.29 is 9.53 Å². The van der Waals surface area contributed by atoms with Crippen LogP contribution in [-0.2, 0) is 4.79 Å². The minimum Gasteiger partial charge on any atom is -0.478 e. The normalized spacial score (nSPS) is 17.0. The third-order valence-corrected chi connectivity index (χ3v) is 4.29. The molecule has 1 aromatic carbocycles. The lowest BCUT2D eigenvalue weighted by molar-refractivity contribution is -0.134. The van der Waals surface area contributed by atoms with Crippen molar-refractivity contribution in [1.82, 2.24) is 15.1 Å². The van der Waals surface area contributed by atoms with Crippen LogP contribution in [0, 0.1) is 0 Å². The van der Waals surface area contributed by atoms with Crippen molar-refractivity contribution >= 4 is 17.5 Å². The first kappa shape index (κ1) is 18.0. The highest BCUT2D eigenvalue weighted by atomic mass is 35.5. The molecule has 0 aromatic heterocycles. The van der Waals surface area contributed by atoms with E-state index in [1.807, 2.05) is 0 Å². The van der Waals surface area contributed by atoms with Gasteiger partial charge in [-0.3, -0.25) is 9.69 Å². The molecule has 0 bridgehead atoms. The number of amides is 1. The van der Waals surface area contributed by atoms with Crippen molar-refractivity contribution in [2.24, 2.45) is 0 Å². The predicted octanol–water partition coefficient (Wildman–Crippen LogP) is 1.86. The minimum atomic E-state index is -0.921. The number of piperazine rings is 1. The van der Waals surface area contributed by atoms with Crippen LogP contribution in [-0.4, -0.2) is 67.6 Å². The second kappa shape index (κ2) is 7.99. The van der Waals surface area contributed by atoms with Gasteiger partial charge in [0.2, 0.25) is 0 Å². The van der Waals surface area contributed by atoms with Gasteiger partial charge in [-0.1, -0.05) is 11.6 Å². The fourth-order valence-electron chi connectivity index (χ4n) is 2.46. The van der Waals surface area contributed by atoms with Crippen LogP contribution in [0.15, 0.2) is 24.3 Å². The van der Waals surface area contributed by atoms with Crippen LogP contribution in [0.2, 0.25) is 5.02 Å². The van der Waals surface area contributed by atoms with E-state index in [2.05, 4.69) is 22.2 Å². The van der Waals surface area contributed by atoms with Crippen LogP contribution in [0.1, 0.15) is 13.8 Å². The Bertz CT molecular complexity index is 511. The van der Waals surface area contributed by atoms with Gasteiger partial charge in [-0.15, -0.1) is 0 Å². The standard InChI is InChI=1S/C17H26ClN3O2/c1-17(2,23-15-6-4-14(18)5-7-15)16(22)19-8-9-21-12-10-20(3)11-13-21/h4-7H,8-13H2,1-3H3,(H,19,22). The van der Waals surface area contributed by atoms with Crippen molar-refractivity contribution in [3.63, 3.8) is 0 Å². The number of benzene rings is 1.